The predicted molar refractivity (Wildman–Crippen MR) is 93.7 cm³/mol. The first kappa shape index (κ1) is 16.5. The van der Waals surface area contributed by atoms with Gasteiger partial charge >= 0.3 is 0 Å². The Morgan fingerprint density at radius 2 is 1.80 bits per heavy atom. The second-order valence-electron chi connectivity index (χ2n) is 5.55. The van der Waals surface area contributed by atoms with Gasteiger partial charge in [0.2, 0.25) is 17.8 Å². The van der Waals surface area contributed by atoms with E-state index < -0.39 is 5.95 Å². The number of nitrogens with zero attached hydrogens (tertiary/aromatic N) is 5. The first-order chi connectivity index (χ1) is 12.0. The van der Waals surface area contributed by atoms with E-state index in [0.29, 0.717) is 29.0 Å². The highest BCUT2D eigenvalue weighted by Gasteiger charge is 2.11. The molecule has 0 unspecified atom stereocenters. The summed E-state index contributed by atoms with van der Waals surface area (Å²) in [7, 11) is 0. The quantitative estimate of drug-likeness (QED) is 0.607. The minimum absolute atomic E-state index is 0.129. The molecular formula is C16H17FN8. The van der Waals surface area contributed by atoms with E-state index in [-0.39, 0.29) is 12.0 Å². The maximum atomic E-state index is 12.9. The maximum absolute atomic E-state index is 12.9. The molecule has 0 bridgehead atoms. The lowest BCUT2D eigenvalue weighted by atomic mass is 10.3. The molecule has 3 heterocycles. The zero-order valence-corrected chi connectivity index (χ0v) is 13.7. The smallest absolute Gasteiger partial charge is 0.232 e. The summed E-state index contributed by atoms with van der Waals surface area (Å²) in [6, 6.07) is 8.13. The minimum atomic E-state index is -0.562. The molecule has 0 atom stereocenters. The van der Waals surface area contributed by atoms with Crippen molar-refractivity contribution in [2.24, 2.45) is 0 Å². The molecule has 8 nitrogen and oxygen atoms in total. The van der Waals surface area contributed by atoms with Gasteiger partial charge in [-0.2, -0.15) is 19.3 Å². The molecule has 0 fully saturated rings. The number of hydrogen-bond acceptors (Lipinski definition) is 8. The van der Waals surface area contributed by atoms with Gasteiger partial charge in [-0.3, -0.25) is 0 Å². The number of nitrogens with two attached hydrogens (primary N) is 1. The molecule has 0 saturated carbocycles. The number of nitrogen functional groups attached to an aromatic ring is 1. The normalized spacial score (nSPS) is 10.7. The van der Waals surface area contributed by atoms with Gasteiger partial charge in [-0.15, -0.1) is 0 Å². The Bertz CT molecular complexity index is 866. The number of halogens is 1. The van der Waals surface area contributed by atoms with Crippen LogP contribution < -0.4 is 16.4 Å². The summed E-state index contributed by atoms with van der Waals surface area (Å²) in [5.41, 5.74) is 6.81. The summed E-state index contributed by atoms with van der Waals surface area (Å²) in [5, 5.41) is 6.11. The number of aromatic nitrogens is 5. The van der Waals surface area contributed by atoms with Crippen LogP contribution in [0.2, 0.25) is 0 Å². The zero-order valence-electron chi connectivity index (χ0n) is 13.7. The average Bonchev–Trinajstić information content (AvgIpc) is 2.56. The summed E-state index contributed by atoms with van der Waals surface area (Å²) in [5.74, 6) is 0.845. The summed E-state index contributed by atoms with van der Waals surface area (Å²) in [6.45, 7) is 3.94. The van der Waals surface area contributed by atoms with E-state index in [4.69, 9.17) is 5.73 Å². The number of pyridine rings is 2. The largest absolute Gasteiger partial charge is 0.384 e. The highest BCUT2D eigenvalue weighted by molar-refractivity contribution is 5.59. The molecule has 0 radical (unpaired) electrons. The molecular weight excluding hydrogens is 323 g/mol. The standard InChI is InChI=1S/C16H17FN8/c1-9(2)20-15-23-14(11-4-3-5-13(18)22-11)24-16(25-15)21-10-6-7-12(17)19-8-10/h3-9H,1-2H3,(H2,18,22)(H2,20,21,23,24,25). The van der Waals surface area contributed by atoms with Crippen LogP contribution in [-0.2, 0) is 0 Å². The van der Waals surface area contributed by atoms with Crippen LogP contribution in [0.1, 0.15) is 13.8 Å². The molecule has 0 aliphatic carbocycles. The van der Waals surface area contributed by atoms with E-state index in [1.807, 2.05) is 13.8 Å². The lowest BCUT2D eigenvalue weighted by molar-refractivity contribution is 0.584. The van der Waals surface area contributed by atoms with E-state index >= 15 is 0 Å². The van der Waals surface area contributed by atoms with E-state index in [0.717, 1.165) is 0 Å². The van der Waals surface area contributed by atoms with Crippen LogP contribution in [0.5, 0.6) is 0 Å². The number of nitrogens with one attached hydrogen (secondary N) is 2. The lowest BCUT2D eigenvalue weighted by Gasteiger charge is -2.12. The fourth-order valence-corrected chi connectivity index (χ4v) is 2.02. The van der Waals surface area contributed by atoms with Gasteiger partial charge < -0.3 is 16.4 Å². The number of anilines is 4. The Labute approximate surface area is 143 Å². The Balaban J connectivity index is 1.98. The molecule has 0 saturated heterocycles. The predicted octanol–water partition coefficient (Wildman–Crippen LogP) is 2.61. The molecule has 128 valence electrons. The van der Waals surface area contributed by atoms with Crippen molar-refractivity contribution in [1.29, 1.82) is 0 Å². The summed E-state index contributed by atoms with van der Waals surface area (Å²) in [6.07, 6.45) is 1.35. The second kappa shape index (κ2) is 7.04. The molecule has 3 aromatic rings. The van der Waals surface area contributed by atoms with Crippen LogP contribution >= 0.6 is 0 Å². The van der Waals surface area contributed by atoms with Crippen LogP contribution in [0.3, 0.4) is 0 Å². The van der Waals surface area contributed by atoms with Crippen LogP contribution in [0.15, 0.2) is 36.5 Å². The third kappa shape index (κ3) is 4.34. The lowest BCUT2D eigenvalue weighted by Crippen LogP contribution is -2.14. The van der Waals surface area contributed by atoms with Crippen molar-refractivity contribution in [3.8, 4) is 11.5 Å². The molecule has 0 aliphatic rings. The molecule has 0 amide bonds. The molecule has 3 rings (SSSR count). The molecule has 0 aromatic carbocycles. The van der Waals surface area contributed by atoms with Crippen molar-refractivity contribution in [3.05, 3.63) is 42.5 Å². The summed E-state index contributed by atoms with van der Waals surface area (Å²) >= 11 is 0. The maximum Gasteiger partial charge on any atom is 0.232 e. The van der Waals surface area contributed by atoms with E-state index in [1.54, 1.807) is 24.3 Å². The topological polar surface area (TPSA) is 115 Å². The zero-order chi connectivity index (χ0) is 17.8. The van der Waals surface area contributed by atoms with Crippen molar-refractivity contribution >= 4 is 23.4 Å². The van der Waals surface area contributed by atoms with Crippen LogP contribution in [0.4, 0.5) is 27.8 Å². The van der Waals surface area contributed by atoms with Gasteiger partial charge in [-0.05, 0) is 38.1 Å². The molecule has 0 aliphatic heterocycles. The van der Waals surface area contributed by atoms with E-state index in [9.17, 15) is 4.39 Å². The number of hydrogen-bond donors (Lipinski definition) is 3. The van der Waals surface area contributed by atoms with Gasteiger partial charge in [0, 0.05) is 6.04 Å². The molecule has 9 heteroatoms. The van der Waals surface area contributed by atoms with Crippen molar-refractivity contribution in [2.45, 2.75) is 19.9 Å². The Kier molecular flexibility index (Phi) is 4.64. The van der Waals surface area contributed by atoms with Gasteiger partial charge in [0.25, 0.3) is 0 Å². The van der Waals surface area contributed by atoms with Crippen molar-refractivity contribution in [2.75, 3.05) is 16.4 Å². The van der Waals surface area contributed by atoms with Crippen molar-refractivity contribution in [1.82, 2.24) is 24.9 Å². The average molecular weight is 340 g/mol. The van der Waals surface area contributed by atoms with Crippen LogP contribution in [0, 0.1) is 5.95 Å². The van der Waals surface area contributed by atoms with Gasteiger partial charge in [0.05, 0.1) is 11.9 Å². The fraction of sp³-hybridized carbons (Fsp3) is 0.188. The van der Waals surface area contributed by atoms with Crippen molar-refractivity contribution < 1.29 is 4.39 Å². The fourth-order valence-electron chi connectivity index (χ4n) is 2.02. The molecule has 25 heavy (non-hydrogen) atoms. The first-order valence-electron chi connectivity index (χ1n) is 7.64. The number of rotatable bonds is 5. The highest BCUT2D eigenvalue weighted by Crippen LogP contribution is 2.19. The Hall–Kier alpha value is -3.36. The highest BCUT2D eigenvalue weighted by atomic mass is 19.1. The molecule has 3 aromatic heterocycles. The van der Waals surface area contributed by atoms with Gasteiger partial charge in [0.1, 0.15) is 11.5 Å². The van der Waals surface area contributed by atoms with E-state index in [1.165, 1.54) is 12.3 Å². The summed E-state index contributed by atoms with van der Waals surface area (Å²) < 4.78 is 12.9. The van der Waals surface area contributed by atoms with Crippen molar-refractivity contribution in [3.63, 3.8) is 0 Å². The Morgan fingerprint density at radius 3 is 2.48 bits per heavy atom. The monoisotopic (exact) mass is 340 g/mol. The minimum Gasteiger partial charge on any atom is -0.384 e. The van der Waals surface area contributed by atoms with Gasteiger partial charge in [0.15, 0.2) is 5.82 Å². The van der Waals surface area contributed by atoms with Crippen LogP contribution in [0.25, 0.3) is 11.5 Å². The third-order valence-electron chi connectivity index (χ3n) is 3.04. The Morgan fingerprint density at radius 1 is 1.00 bits per heavy atom. The molecule has 0 spiro atoms. The first-order valence-corrected chi connectivity index (χ1v) is 7.64. The third-order valence-corrected chi connectivity index (χ3v) is 3.04. The SMILES string of the molecule is CC(C)Nc1nc(Nc2ccc(F)nc2)nc(-c2cccc(N)n2)n1. The van der Waals surface area contributed by atoms with E-state index in [2.05, 4.69) is 35.6 Å². The van der Waals surface area contributed by atoms with Crippen LogP contribution in [-0.4, -0.2) is 31.0 Å². The van der Waals surface area contributed by atoms with Gasteiger partial charge in [-0.1, -0.05) is 6.07 Å². The summed E-state index contributed by atoms with van der Waals surface area (Å²) in [4.78, 5) is 20.9. The second-order valence-corrected chi connectivity index (χ2v) is 5.55. The molecule has 4 N–H and O–H groups in total. The van der Waals surface area contributed by atoms with Gasteiger partial charge in [-0.25, -0.2) is 9.97 Å².